The highest BCUT2D eigenvalue weighted by atomic mass is 16.5. The van der Waals surface area contributed by atoms with Gasteiger partial charge in [0.2, 0.25) is 0 Å². The van der Waals surface area contributed by atoms with E-state index in [4.69, 9.17) is 4.74 Å². The Morgan fingerprint density at radius 3 is 2.58 bits per heavy atom. The van der Waals surface area contributed by atoms with Gasteiger partial charge < -0.3 is 15.2 Å². The number of benzene rings is 2. The van der Waals surface area contributed by atoms with Crippen molar-refractivity contribution in [1.29, 1.82) is 0 Å². The Kier molecular flexibility index (Phi) is 6.38. The fraction of sp³-hybridized carbons (Fsp3) is 0.350. The number of rotatable bonds is 7. The van der Waals surface area contributed by atoms with Crippen LogP contribution in [0.1, 0.15) is 48.2 Å². The Labute approximate surface area is 143 Å². The lowest BCUT2D eigenvalue weighted by Gasteiger charge is -2.11. The summed E-state index contributed by atoms with van der Waals surface area (Å²) in [5, 5.41) is 12.2. The highest BCUT2D eigenvalue weighted by molar-refractivity contribution is 5.94. The van der Waals surface area contributed by atoms with Crippen LogP contribution >= 0.6 is 0 Å². The molecule has 1 amide bonds. The Bertz CT molecular complexity index is 680. The molecule has 0 aliphatic carbocycles. The van der Waals surface area contributed by atoms with Gasteiger partial charge in [0.05, 0.1) is 6.10 Å². The molecule has 2 aromatic rings. The van der Waals surface area contributed by atoms with E-state index in [1.807, 2.05) is 12.1 Å². The first-order chi connectivity index (χ1) is 11.5. The minimum Gasteiger partial charge on any atom is -0.491 e. The van der Waals surface area contributed by atoms with Gasteiger partial charge >= 0.3 is 0 Å². The summed E-state index contributed by atoms with van der Waals surface area (Å²) in [6.07, 6.45) is -0.546. The number of ether oxygens (including phenoxy) is 1. The molecule has 0 heterocycles. The fourth-order valence-electron chi connectivity index (χ4n) is 2.29. The molecule has 2 N–H and O–H groups in total. The molecule has 0 bridgehead atoms. The van der Waals surface area contributed by atoms with Gasteiger partial charge in [-0.1, -0.05) is 44.2 Å². The molecular formula is C20H25NO3. The molecule has 1 unspecified atom stereocenters. The third-order valence-electron chi connectivity index (χ3n) is 3.66. The molecule has 24 heavy (non-hydrogen) atoms. The van der Waals surface area contributed by atoms with Crippen molar-refractivity contribution in [2.75, 3.05) is 6.61 Å². The van der Waals surface area contributed by atoms with Crippen LogP contribution in [0, 0.1) is 0 Å². The average Bonchev–Trinajstić information content (AvgIpc) is 2.58. The van der Waals surface area contributed by atoms with Crippen molar-refractivity contribution in [1.82, 2.24) is 5.32 Å². The number of carbonyl (C=O) groups excluding carboxylic acids is 1. The lowest BCUT2D eigenvalue weighted by Crippen LogP contribution is -2.23. The van der Waals surface area contributed by atoms with E-state index in [2.05, 4.69) is 31.3 Å². The predicted octanol–water partition coefficient (Wildman–Crippen LogP) is 3.50. The van der Waals surface area contributed by atoms with Crippen LogP contribution in [0.5, 0.6) is 5.75 Å². The Morgan fingerprint density at radius 1 is 1.12 bits per heavy atom. The Hall–Kier alpha value is -2.33. The van der Waals surface area contributed by atoms with Gasteiger partial charge in [0.15, 0.2) is 0 Å². The van der Waals surface area contributed by atoms with Crippen LogP contribution < -0.4 is 10.1 Å². The molecule has 0 fully saturated rings. The van der Waals surface area contributed by atoms with Gasteiger partial charge in [-0.3, -0.25) is 4.79 Å². The minimum atomic E-state index is -0.546. The van der Waals surface area contributed by atoms with Gasteiger partial charge in [0.1, 0.15) is 12.4 Å². The number of amides is 1. The zero-order valence-corrected chi connectivity index (χ0v) is 14.5. The largest absolute Gasteiger partial charge is 0.491 e. The van der Waals surface area contributed by atoms with Crippen LogP contribution in [0.2, 0.25) is 0 Å². The summed E-state index contributed by atoms with van der Waals surface area (Å²) < 4.78 is 5.43. The van der Waals surface area contributed by atoms with E-state index in [0.29, 0.717) is 23.8 Å². The SMILES string of the molecule is CC(O)COc1cccc(C(=O)NCc2cccc(C(C)C)c2)c1. The molecular weight excluding hydrogens is 302 g/mol. The quantitative estimate of drug-likeness (QED) is 0.818. The van der Waals surface area contributed by atoms with Gasteiger partial charge in [-0.25, -0.2) is 0 Å². The molecule has 128 valence electrons. The number of aliphatic hydroxyl groups excluding tert-OH is 1. The van der Waals surface area contributed by atoms with Crippen molar-refractivity contribution in [3.8, 4) is 5.75 Å². The summed E-state index contributed by atoms with van der Waals surface area (Å²) in [7, 11) is 0. The maximum atomic E-state index is 12.3. The molecule has 0 aliphatic heterocycles. The molecule has 4 heteroatoms. The highest BCUT2D eigenvalue weighted by Crippen LogP contribution is 2.16. The molecule has 2 aromatic carbocycles. The monoisotopic (exact) mass is 327 g/mol. The summed E-state index contributed by atoms with van der Waals surface area (Å²) in [6, 6.07) is 15.2. The molecule has 0 radical (unpaired) electrons. The smallest absolute Gasteiger partial charge is 0.251 e. The van der Waals surface area contributed by atoms with E-state index in [0.717, 1.165) is 5.56 Å². The van der Waals surface area contributed by atoms with Crippen molar-refractivity contribution in [3.05, 3.63) is 65.2 Å². The van der Waals surface area contributed by atoms with Crippen molar-refractivity contribution in [2.45, 2.75) is 39.3 Å². The number of aliphatic hydroxyl groups is 1. The van der Waals surface area contributed by atoms with Crippen LogP contribution in [0.15, 0.2) is 48.5 Å². The molecule has 0 spiro atoms. The summed E-state index contributed by atoms with van der Waals surface area (Å²) in [6.45, 7) is 6.64. The molecule has 4 nitrogen and oxygen atoms in total. The van der Waals surface area contributed by atoms with Crippen molar-refractivity contribution in [2.24, 2.45) is 0 Å². The van der Waals surface area contributed by atoms with E-state index >= 15 is 0 Å². The van der Waals surface area contributed by atoms with Gasteiger partial charge in [0.25, 0.3) is 5.91 Å². The van der Waals surface area contributed by atoms with Crippen LogP contribution in [0.4, 0.5) is 0 Å². The topological polar surface area (TPSA) is 58.6 Å². The summed E-state index contributed by atoms with van der Waals surface area (Å²) in [4.78, 5) is 12.3. The van der Waals surface area contributed by atoms with Gasteiger partial charge in [-0.2, -0.15) is 0 Å². The third-order valence-corrected chi connectivity index (χ3v) is 3.66. The summed E-state index contributed by atoms with van der Waals surface area (Å²) in [5.74, 6) is 0.890. The maximum Gasteiger partial charge on any atom is 0.251 e. The zero-order valence-electron chi connectivity index (χ0n) is 14.5. The first kappa shape index (κ1) is 18.0. The first-order valence-corrected chi connectivity index (χ1v) is 8.23. The van der Waals surface area contributed by atoms with E-state index in [-0.39, 0.29) is 12.5 Å². The maximum absolute atomic E-state index is 12.3. The number of hydrogen-bond acceptors (Lipinski definition) is 3. The normalized spacial score (nSPS) is 12.0. The minimum absolute atomic E-state index is 0.146. The number of hydrogen-bond donors (Lipinski definition) is 2. The number of carbonyl (C=O) groups is 1. The van der Waals surface area contributed by atoms with E-state index < -0.39 is 6.10 Å². The fourth-order valence-corrected chi connectivity index (χ4v) is 2.29. The molecule has 1 atom stereocenters. The van der Waals surface area contributed by atoms with Crippen molar-refractivity contribution >= 4 is 5.91 Å². The lowest BCUT2D eigenvalue weighted by molar-refractivity contribution is 0.0950. The first-order valence-electron chi connectivity index (χ1n) is 8.23. The van der Waals surface area contributed by atoms with Crippen molar-refractivity contribution < 1.29 is 14.6 Å². The summed E-state index contributed by atoms with van der Waals surface area (Å²) in [5.41, 5.74) is 2.88. The second-order valence-corrected chi connectivity index (χ2v) is 6.27. The van der Waals surface area contributed by atoms with Crippen LogP contribution in [-0.2, 0) is 6.54 Å². The second kappa shape index (κ2) is 8.50. The highest BCUT2D eigenvalue weighted by Gasteiger charge is 2.08. The zero-order chi connectivity index (χ0) is 17.5. The van der Waals surface area contributed by atoms with Crippen LogP contribution in [0.25, 0.3) is 0 Å². The predicted molar refractivity (Wildman–Crippen MR) is 95.3 cm³/mol. The molecule has 0 aromatic heterocycles. The Balaban J connectivity index is 1.97. The van der Waals surface area contributed by atoms with Crippen LogP contribution in [0.3, 0.4) is 0 Å². The second-order valence-electron chi connectivity index (χ2n) is 6.27. The van der Waals surface area contributed by atoms with Crippen LogP contribution in [-0.4, -0.2) is 23.7 Å². The van der Waals surface area contributed by atoms with E-state index in [1.165, 1.54) is 5.56 Å². The molecule has 0 aliphatic rings. The molecule has 0 saturated carbocycles. The van der Waals surface area contributed by atoms with Gasteiger partial charge in [0, 0.05) is 12.1 Å². The molecule has 0 saturated heterocycles. The van der Waals surface area contributed by atoms with Gasteiger partial charge in [-0.15, -0.1) is 0 Å². The third kappa shape index (κ3) is 5.39. The standard InChI is InChI=1S/C20H25NO3/c1-14(2)17-7-4-6-16(10-17)12-21-20(23)18-8-5-9-19(11-18)24-13-15(3)22/h4-11,14-15,22H,12-13H2,1-3H3,(H,21,23). The average molecular weight is 327 g/mol. The Morgan fingerprint density at radius 2 is 1.88 bits per heavy atom. The lowest BCUT2D eigenvalue weighted by atomic mass is 10.0. The van der Waals surface area contributed by atoms with E-state index in [1.54, 1.807) is 31.2 Å². The number of nitrogens with one attached hydrogen (secondary N) is 1. The summed E-state index contributed by atoms with van der Waals surface area (Å²) >= 11 is 0. The molecule has 2 rings (SSSR count). The van der Waals surface area contributed by atoms with Crippen molar-refractivity contribution in [3.63, 3.8) is 0 Å². The van der Waals surface area contributed by atoms with Gasteiger partial charge in [-0.05, 0) is 42.2 Å². The van der Waals surface area contributed by atoms with E-state index in [9.17, 15) is 9.90 Å².